The van der Waals surface area contributed by atoms with E-state index >= 15 is 0 Å². The summed E-state index contributed by atoms with van der Waals surface area (Å²) >= 11 is 0. The summed E-state index contributed by atoms with van der Waals surface area (Å²) in [7, 11) is 0. The Morgan fingerprint density at radius 3 is 2.86 bits per heavy atom. The highest BCUT2D eigenvalue weighted by Crippen LogP contribution is 2.56. The van der Waals surface area contributed by atoms with E-state index in [4.69, 9.17) is 9.47 Å². The first-order valence-electron chi connectivity index (χ1n) is 5.94. The van der Waals surface area contributed by atoms with Gasteiger partial charge in [0.1, 0.15) is 0 Å². The van der Waals surface area contributed by atoms with Crippen LogP contribution in [-0.4, -0.2) is 18.5 Å². The average molecular weight is 198 g/mol. The Hall–Kier alpha value is -0.0800. The van der Waals surface area contributed by atoms with E-state index in [9.17, 15) is 0 Å². The Kier molecular flexibility index (Phi) is 2.61. The van der Waals surface area contributed by atoms with E-state index in [1.807, 2.05) is 0 Å². The van der Waals surface area contributed by atoms with Crippen LogP contribution in [0.4, 0.5) is 0 Å². The molecule has 0 aromatic heterocycles. The van der Waals surface area contributed by atoms with Crippen molar-refractivity contribution < 1.29 is 9.47 Å². The Morgan fingerprint density at radius 1 is 1.36 bits per heavy atom. The summed E-state index contributed by atoms with van der Waals surface area (Å²) in [6.07, 6.45) is 6.18. The zero-order valence-corrected chi connectivity index (χ0v) is 9.64. The standard InChI is InChI=1S/C12H22O2/c1-4-10(2)14-12-7-5-6-11(12,3)8-9-13-12/h10H,4-9H2,1-3H3. The van der Waals surface area contributed by atoms with Gasteiger partial charge in [-0.3, -0.25) is 0 Å². The fraction of sp³-hybridized carbons (Fsp3) is 1.00. The third kappa shape index (κ3) is 1.40. The summed E-state index contributed by atoms with van der Waals surface area (Å²) in [6, 6.07) is 0. The second kappa shape index (κ2) is 3.49. The van der Waals surface area contributed by atoms with Gasteiger partial charge in [0.2, 0.25) is 0 Å². The first kappa shape index (κ1) is 10.4. The monoisotopic (exact) mass is 198 g/mol. The lowest BCUT2D eigenvalue weighted by atomic mass is 9.82. The Balaban J connectivity index is 2.12. The molecule has 1 aliphatic carbocycles. The highest BCUT2D eigenvalue weighted by atomic mass is 16.7. The van der Waals surface area contributed by atoms with Crippen molar-refractivity contribution in [3.8, 4) is 0 Å². The molecule has 0 radical (unpaired) electrons. The van der Waals surface area contributed by atoms with Gasteiger partial charge in [0.25, 0.3) is 0 Å². The maximum Gasteiger partial charge on any atom is 0.173 e. The van der Waals surface area contributed by atoms with E-state index in [1.165, 1.54) is 19.3 Å². The molecule has 2 aliphatic rings. The third-order valence-electron chi connectivity index (χ3n) is 4.11. The smallest absolute Gasteiger partial charge is 0.173 e. The molecule has 3 unspecified atom stereocenters. The summed E-state index contributed by atoms with van der Waals surface area (Å²) < 4.78 is 12.1. The molecule has 1 aliphatic heterocycles. The van der Waals surface area contributed by atoms with E-state index in [-0.39, 0.29) is 11.2 Å². The Morgan fingerprint density at radius 2 is 2.14 bits per heavy atom. The molecule has 14 heavy (non-hydrogen) atoms. The quantitative estimate of drug-likeness (QED) is 0.693. The lowest BCUT2D eigenvalue weighted by Crippen LogP contribution is -2.43. The van der Waals surface area contributed by atoms with Crippen molar-refractivity contribution in [2.24, 2.45) is 5.41 Å². The van der Waals surface area contributed by atoms with Crippen molar-refractivity contribution in [2.75, 3.05) is 6.61 Å². The number of hydrogen-bond acceptors (Lipinski definition) is 2. The van der Waals surface area contributed by atoms with Gasteiger partial charge in [0.15, 0.2) is 5.79 Å². The molecule has 1 saturated carbocycles. The van der Waals surface area contributed by atoms with E-state index in [1.54, 1.807) is 0 Å². The van der Waals surface area contributed by atoms with Crippen molar-refractivity contribution in [3.05, 3.63) is 0 Å². The molecule has 2 nitrogen and oxygen atoms in total. The summed E-state index contributed by atoms with van der Waals surface area (Å²) in [5, 5.41) is 0. The second-order valence-electron chi connectivity index (χ2n) is 5.10. The molecular formula is C12H22O2. The topological polar surface area (TPSA) is 18.5 Å². The molecule has 0 amide bonds. The Labute approximate surface area is 87.0 Å². The predicted molar refractivity (Wildman–Crippen MR) is 56.1 cm³/mol. The van der Waals surface area contributed by atoms with Gasteiger partial charge in [-0.25, -0.2) is 0 Å². The molecule has 0 aromatic rings. The minimum atomic E-state index is -0.234. The van der Waals surface area contributed by atoms with Gasteiger partial charge in [0.05, 0.1) is 12.7 Å². The van der Waals surface area contributed by atoms with Crippen LogP contribution in [0.1, 0.15) is 52.9 Å². The van der Waals surface area contributed by atoms with Crippen molar-refractivity contribution in [1.29, 1.82) is 0 Å². The summed E-state index contributed by atoms with van der Waals surface area (Å²) in [4.78, 5) is 0. The van der Waals surface area contributed by atoms with Gasteiger partial charge in [-0.05, 0) is 32.6 Å². The minimum absolute atomic E-state index is 0.234. The SMILES string of the molecule is CCC(C)OC12CCCC1(C)CCO2. The fourth-order valence-electron chi connectivity index (χ4n) is 2.85. The molecule has 2 heteroatoms. The normalized spacial score (nSPS) is 43.9. The van der Waals surface area contributed by atoms with Crippen molar-refractivity contribution in [2.45, 2.75) is 64.8 Å². The van der Waals surface area contributed by atoms with Crippen molar-refractivity contribution in [1.82, 2.24) is 0 Å². The molecule has 0 aromatic carbocycles. The van der Waals surface area contributed by atoms with E-state index in [0.717, 1.165) is 19.4 Å². The number of ether oxygens (including phenoxy) is 2. The van der Waals surface area contributed by atoms with Crippen LogP contribution in [0, 0.1) is 5.41 Å². The van der Waals surface area contributed by atoms with E-state index in [2.05, 4.69) is 20.8 Å². The summed E-state index contributed by atoms with van der Waals surface area (Å²) in [5.74, 6) is -0.234. The molecule has 82 valence electrons. The number of rotatable bonds is 3. The number of fused-ring (bicyclic) bond motifs is 1. The minimum Gasteiger partial charge on any atom is -0.349 e. The highest BCUT2D eigenvalue weighted by Gasteiger charge is 2.58. The van der Waals surface area contributed by atoms with Crippen LogP contribution in [0.5, 0.6) is 0 Å². The second-order valence-corrected chi connectivity index (χ2v) is 5.10. The van der Waals surface area contributed by atoms with Gasteiger partial charge >= 0.3 is 0 Å². The molecule has 0 spiro atoms. The largest absolute Gasteiger partial charge is 0.349 e. The van der Waals surface area contributed by atoms with Crippen LogP contribution in [0.25, 0.3) is 0 Å². The first-order valence-corrected chi connectivity index (χ1v) is 5.94. The van der Waals surface area contributed by atoms with Crippen LogP contribution >= 0.6 is 0 Å². The van der Waals surface area contributed by atoms with Crippen LogP contribution in [-0.2, 0) is 9.47 Å². The van der Waals surface area contributed by atoms with Crippen molar-refractivity contribution >= 4 is 0 Å². The van der Waals surface area contributed by atoms with Gasteiger partial charge in [0, 0.05) is 11.8 Å². The van der Waals surface area contributed by atoms with Gasteiger partial charge in [-0.15, -0.1) is 0 Å². The third-order valence-corrected chi connectivity index (χ3v) is 4.11. The summed E-state index contributed by atoms with van der Waals surface area (Å²) in [5.41, 5.74) is 0.288. The molecule has 1 heterocycles. The van der Waals surface area contributed by atoms with Gasteiger partial charge in [-0.2, -0.15) is 0 Å². The van der Waals surface area contributed by atoms with Crippen LogP contribution in [0.3, 0.4) is 0 Å². The van der Waals surface area contributed by atoms with Gasteiger partial charge in [-0.1, -0.05) is 13.8 Å². The molecule has 0 bridgehead atoms. The van der Waals surface area contributed by atoms with E-state index in [0.29, 0.717) is 6.10 Å². The molecule has 1 saturated heterocycles. The lowest BCUT2D eigenvalue weighted by Gasteiger charge is -2.38. The zero-order chi connectivity index (χ0) is 10.2. The van der Waals surface area contributed by atoms with E-state index < -0.39 is 0 Å². The molecule has 3 atom stereocenters. The predicted octanol–water partition coefficient (Wildman–Crippen LogP) is 3.11. The number of hydrogen-bond donors (Lipinski definition) is 0. The molecule has 0 N–H and O–H groups in total. The first-order chi connectivity index (χ1) is 6.62. The molecular weight excluding hydrogens is 176 g/mol. The summed E-state index contributed by atoms with van der Waals surface area (Å²) in [6.45, 7) is 7.53. The maximum atomic E-state index is 6.15. The molecule has 2 rings (SSSR count). The zero-order valence-electron chi connectivity index (χ0n) is 9.64. The van der Waals surface area contributed by atoms with Crippen molar-refractivity contribution in [3.63, 3.8) is 0 Å². The highest BCUT2D eigenvalue weighted by molar-refractivity contribution is 5.00. The lowest BCUT2D eigenvalue weighted by molar-refractivity contribution is -0.263. The average Bonchev–Trinajstić information content (AvgIpc) is 2.57. The maximum absolute atomic E-state index is 6.15. The van der Waals surface area contributed by atoms with Gasteiger partial charge < -0.3 is 9.47 Å². The fourth-order valence-corrected chi connectivity index (χ4v) is 2.85. The van der Waals surface area contributed by atoms with Crippen LogP contribution in [0.2, 0.25) is 0 Å². The van der Waals surface area contributed by atoms with Crippen LogP contribution < -0.4 is 0 Å². The Bertz CT molecular complexity index is 202. The van der Waals surface area contributed by atoms with Crippen LogP contribution in [0.15, 0.2) is 0 Å². The molecule has 2 fully saturated rings.